The first-order chi connectivity index (χ1) is 15.1. The van der Waals surface area contributed by atoms with Crippen molar-refractivity contribution in [1.29, 1.82) is 0 Å². The van der Waals surface area contributed by atoms with Crippen molar-refractivity contribution in [1.82, 2.24) is 0 Å². The van der Waals surface area contributed by atoms with Crippen LogP contribution < -0.4 is 23.7 Å². The molecule has 0 saturated heterocycles. The van der Waals surface area contributed by atoms with Crippen molar-refractivity contribution in [3.63, 3.8) is 0 Å². The van der Waals surface area contributed by atoms with E-state index in [2.05, 4.69) is 0 Å². The van der Waals surface area contributed by atoms with E-state index < -0.39 is 0 Å². The highest BCUT2D eigenvalue weighted by Gasteiger charge is 2.17. The summed E-state index contributed by atoms with van der Waals surface area (Å²) in [4.78, 5) is 13.0. The third kappa shape index (κ3) is 5.28. The van der Waals surface area contributed by atoms with Crippen LogP contribution in [0.15, 0.2) is 60.7 Å². The molecular formula is C25H26O6. The summed E-state index contributed by atoms with van der Waals surface area (Å²) in [6.07, 6.45) is 0.168. The van der Waals surface area contributed by atoms with Crippen LogP contribution >= 0.6 is 0 Å². The quantitative estimate of drug-likeness (QED) is 0.441. The molecule has 6 heteroatoms. The van der Waals surface area contributed by atoms with Gasteiger partial charge in [-0.2, -0.15) is 0 Å². The van der Waals surface area contributed by atoms with Gasteiger partial charge in [0.25, 0.3) is 0 Å². The zero-order chi connectivity index (χ0) is 22.2. The predicted octanol–water partition coefficient (Wildman–Crippen LogP) is 4.73. The van der Waals surface area contributed by atoms with Gasteiger partial charge in [0, 0.05) is 12.0 Å². The number of Topliss-reactive ketones (excluding diaryl/α,β-unsaturated/α-hetero) is 1. The molecule has 3 aromatic rings. The Kier molecular flexibility index (Phi) is 7.38. The van der Waals surface area contributed by atoms with Crippen LogP contribution in [-0.4, -0.2) is 34.2 Å². The van der Waals surface area contributed by atoms with Crippen molar-refractivity contribution < 1.29 is 28.5 Å². The first-order valence-electron chi connectivity index (χ1n) is 9.76. The molecule has 162 valence electrons. The molecule has 0 spiro atoms. The van der Waals surface area contributed by atoms with Gasteiger partial charge < -0.3 is 23.7 Å². The Balaban J connectivity index is 1.81. The van der Waals surface area contributed by atoms with Gasteiger partial charge in [-0.25, -0.2) is 0 Å². The molecule has 0 saturated carbocycles. The molecule has 0 aliphatic rings. The van der Waals surface area contributed by atoms with E-state index in [4.69, 9.17) is 23.7 Å². The molecule has 0 aliphatic carbocycles. The number of benzene rings is 3. The van der Waals surface area contributed by atoms with Gasteiger partial charge in [-0.15, -0.1) is 0 Å². The van der Waals surface area contributed by atoms with Crippen molar-refractivity contribution in [2.45, 2.75) is 13.0 Å². The van der Waals surface area contributed by atoms with Crippen LogP contribution in [0.25, 0.3) is 0 Å². The number of carbonyl (C=O) groups is 1. The summed E-state index contributed by atoms with van der Waals surface area (Å²) in [5.41, 5.74) is 2.30. The maximum Gasteiger partial charge on any atom is 0.203 e. The van der Waals surface area contributed by atoms with E-state index >= 15 is 0 Å². The Labute approximate surface area is 182 Å². The zero-order valence-electron chi connectivity index (χ0n) is 18.1. The van der Waals surface area contributed by atoms with Gasteiger partial charge in [0.1, 0.15) is 6.61 Å². The molecule has 3 aromatic carbocycles. The fourth-order valence-corrected chi connectivity index (χ4v) is 3.22. The van der Waals surface area contributed by atoms with E-state index in [1.54, 1.807) is 58.8 Å². The van der Waals surface area contributed by atoms with Gasteiger partial charge in [0.05, 0.1) is 28.4 Å². The number of ether oxygens (including phenoxy) is 5. The number of ketones is 1. The number of hydrogen-bond acceptors (Lipinski definition) is 6. The summed E-state index contributed by atoms with van der Waals surface area (Å²) in [6, 6.07) is 18.5. The van der Waals surface area contributed by atoms with Crippen LogP contribution in [0.3, 0.4) is 0 Å². The van der Waals surface area contributed by atoms with Crippen LogP contribution in [0.1, 0.15) is 21.5 Å². The third-order valence-electron chi connectivity index (χ3n) is 4.81. The Morgan fingerprint density at radius 3 is 1.90 bits per heavy atom. The summed E-state index contributed by atoms with van der Waals surface area (Å²) < 4.78 is 27.4. The van der Waals surface area contributed by atoms with E-state index in [0.29, 0.717) is 40.9 Å². The van der Waals surface area contributed by atoms with E-state index in [0.717, 1.165) is 11.1 Å². The van der Waals surface area contributed by atoms with Gasteiger partial charge in [0.15, 0.2) is 28.8 Å². The van der Waals surface area contributed by atoms with Gasteiger partial charge in [-0.3, -0.25) is 4.79 Å². The average molecular weight is 422 g/mol. The van der Waals surface area contributed by atoms with Crippen molar-refractivity contribution in [2.75, 3.05) is 28.4 Å². The normalized spacial score (nSPS) is 10.3. The smallest absolute Gasteiger partial charge is 0.203 e. The number of hydrogen-bond donors (Lipinski definition) is 0. The zero-order valence-corrected chi connectivity index (χ0v) is 18.1. The molecule has 0 radical (unpaired) electrons. The van der Waals surface area contributed by atoms with E-state index in [-0.39, 0.29) is 12.2 Å². The first kappa shape index (κ1) is 22.0. The lowest BCUT2D eigenvalue weighted by Gasteiger charge is -2.14. The molecule has 0 atom stereocenters. The second-order valence-electron chi connectivity index (χ2n) is 6.77. The highest BCUT2D eigenvalue weighted by Crippen LogP contribution is 2.38. The van der Waals surface area contributed by atoms with Gasteiger partial charge >= 0.3 is 0 Å². The molecule has 0 N–H and O–H groups in total. The Hall–Kier alpha value is -3.67. The highest BCUT2D eigenvalue weighted by molar-refractivity contribution is 5.98. The molecule has 0 aliphatic heterocycles. The average Bonchev–Trinajstić information content (AvgIpc) is 2.82. The lowest BCUT2D eigenvalue weighted by Crippen LogP contribution is -2.06. The SMILES string of the molecule is COc1ccc(C(=O)Cc2cc(OC)c(OC)c(OC)c2)cc1OCc1ccccc1. The standard InChI is InChI=1S/C25H26O6/c1-27-21-11-10-19(15-22(21)31-16-17-8-6-5-7-9-17)20(26)12-18-13-23(28-2)25(30-4)24(14-18)29-3/h5-11,13-15H,12,16H2,1-4H3. The van der Waals surface area contributed by atoms with Crippen molar-refractivity contribution >= 4 is 5.78 Å². The molecule has 31 heavy (non-hydrogen) atoms. The second kappa shape index (κ2) is 10.4. The van der Waals surface area contributed by atoms with Crippen molar-refractivity contribution in [3.05, 3.63) is 77.4 Å². The highest BCUT2D eigenvalue weighted by atomic mass is 16.5. The molecule has 0 fully saturated rings. The Morgan fingerprint density at radius 2 is 1.32 bits per heavy atom. The number of carbonyl (C=O) groups excluding carboxylic acids is 1. The van der Waals surface area contributed by atoms with Crippen LogP contribution in [-0.2, 0) is 13.0 Å². The molecule has 0 amide bonds. The Bertz CT molecular complexity index is 1000. The topological polar surface area (TPSA) is 63.2 Å². The maximum atomic E-state index is 13.0. The first-order valence-corrected chi connectivity index (χ1v) is 9.76. The lowest BCUT2D eigenvalue weighted by molar-refractivity contribution is 0.0992. The minimum atomic E-state index is -0.0681. The van der Waals surface area contributed by atoms with Crippen molar-refractivity contribution in [3.8, 4) is 28.7 Å². The van der Waals surface area contributed by atoms with Crippen LogP contribution in [0.4, 0.5) is 0 Å². The fraction of sp³-hybridized carbons (Fsp3) is 0.240. The molecule has 3 rings (SSSR count). The molecule has 0 bridgehead atoms. The van der Waals surface area contributed by atoms with Gasteiger partial charge in [0.2, 0.25) is 5.75 Å². The fourth-order valence-electron chi connectivity index (χ4n) is 3.22. The van der Waals surface area contributed by atoms with Gasteiger partial charge in [-0.1, -0.05) is 30.3 Å². The number of rotatable bonds is 10. The summed E-state index contributed by atoms with van der Waals surface area (Å²) in [6.45, 7) is 0.377. The van der Waals surface area contributed by atoms with Crippen LogP contribution in [0.5, 0.6) is 28.7 Å². The summed E-state index contributed by atoms with van der Waals surface area (Å²) >= 11 is 0. The van der Waals surface area contributed by atoms with Gasteiger partial charge in [-0.05, 0) is 41.5 Å². The Morgan fingerprint density at radius 1 is 0.677 bits per heavy atom. The molecular weight excluding hydrogens is 396 g/mol. The summed E-state index contributed by atoms with van der Waals surface area (Å²) in [7, 11) is 6.20. The molecule has 0 unspecified atom stereocenters. The minimum Gasteiger partial charge on any atom is -0.493 e. The minimum absolute atomic E-state index is 0.0681. The summed E-state index contributed by atoms with van der Waals surface area (Å²) in [5.74, 6) is 2.52. The monoisotopic (exact) mass is 422 g/mol. The molecule has 6 nitrogen and oxygen atoms in total. The summed E-state index contributed by atoms with van der Waals surface area (Å²) in [5, 5.41) is 0. The van der Waals surface area contributed by atoms with Crippen molar-refractivity contribution in [2.24, 2.45) is 0 Å². The third-order valence-corrected chi connectivity index (χ3v) is 4.81. The predicted molar refractivity (Wildman–Crippen MR) is 118 cm³/mol. The van der Waals surface area contributed by atoms with Crippen LogP contribution in [0, 0.1) is 0 Å². The van der Waals surface area contributed by atoms with E-state index in [1.807, 2.05) is 30.3 Å². The number of methoxy groups -OCH3 is 4. The van der Waals surface area contributed by atoms with Crippen LogP contribution in [0.2, 0.25) is 0 Å². The van der Waals surface area contributed by atoms with E-state index in [9.17, 15) is 4.79 Å². The van der Waals surface area contributed by atoms with E-state index in [1.165, 1.54) is 0 Å². The molecule has 0 heterocycles. The lowest BCUT2D eigenvalue weighted by atomic mass is 10.0. The molecule has 0 aromatic heterocycles. The second-order valence-corrected chi connectivity index (χ2v) is 6.77. The largest absolute Gasteiger partial charge is 0.493 e. The maximum absolute atomic E-state index is 13.0.